The van der Waals surface area contributed by atoms with E-state index in [0.717, 1.165) is 4.90 Å². The summed E-state index contributed by atoms with van der Waals surface area (Å²) in [7, 11) is 0. The molecule has 1 unspecified atom stereocenters. The predicted octanol–water partition coefficient (Wildman–Crippen LogP) is 0.981. The molecule has 1 atom stereocenters. The van der Waals surface area contributed by atoms with Crippen LogP contribution in [-0.4, -0.2) is 35.4 Å². The molecule has 14 heavy (non-hydrogen) atoms. The maximum Gasteiger partial charge on any atom is 0.267 e. The van der Waals surface area contributed by atoms with Crippen LogP contribution in [-0.2, 0) is 4.79 Å². The third-order valence-electron chi connectivity index (χ3n) is 2.68. The number of amides is 1. The Morgan fingerprint density at radius 3 is 2.57 bits per heavy atom. The molecule has 1 heterocycles. The lowest BCUT2D eigenvalue weighted by atomic mass is 9.99. The van der Waals surface area contributed by atoms with Gasteiger partial charge in [0.1, 0.15) is 0 Å². The fourth-order valence-electron chi connectivity index (χ4n) is 1.42. The lowest BCUT2D eigenvalue weighted by Crippen LogP contribution is -2.52. The molecule has 0 spiro atoms. The summed E-state index contributed by atoms with van der Waals surface area (Å²) in [6.07, 6.45) is 0.201. The molecule has 0 aliphatic carbocycles. The average Bonchev–Trinajstić information content (AvgIpc) is 2.44. The molecular weight excluding hydrogens is 190 g/mol. The van der Waals surface area contributed by atoms with Gasteiger partial charge in [-0.1, -0.05) is 6.92 Å². The lowest BCUT2D eigenvalue weighted by molar-refractivity contribution is -0.136. The van der Waals surface area contributed by atoms with Crippen molar-refractivity contribution in [2.24, 2.45) is 5.73 Å². The maximum absolute atomic E-state index is 12.8. The van der Waals surface area contributed by atoms with Crippen LogP contribution in [0, 0.1) is 0 Å². The van der Waals surface area contributed by atoms with Gasteiger partial charge in [-0.25, -0.2) is 8.78 Å². The normalized spacial score (nSPS) is 24.8. The Labute approximate surface area is 82.2 Å². The van der Waals surface area contributed by atoms with Gasteiger partial charge in [0.25, 0.3) is 5.92 Å². The maximum atomic E-state index is 12.8. The van der Waals surface area contributed by atoms with Crippen molar-refractivity contribution >= 4 is 5.91 Å². The summed E-state index contributed by atoms with van der Waals surface area (Å²) in [4.78, 5) is 12.8. The number of rotatable bonds is 2. The number of likely N-dealkylation sites (tertiary alicyclic amines) is 1. The van der Waals surface area contributed by atoms with Crippen molar-refractivity contribution in [2.75, 3.05) is 13.1 Å². The van der Waals surface area contributed by atoms with Gasteiger partial charge in [0.15, 0.2) is 0 Å². The smallest absolute Gasteiger partial charge is 0.267 e. The minimum atomic E-state index is -2.74. The molecule has 82 valence electrons. The van der Waals surface area contributed by atoms with Crippen LogP contribution < -0.4 is 5.73 Å². The Balaban J connectivity index is 2.65. The fraction of sp³-hybridized carbons (Fsp3) is 0.889. The van der Waals surface area contributed by atoms with Gasteiger partial charge in [0.2, 0.25) is 5.91 Å². The molecule has 1 rings (SSSR count). The van der Waals surface area contributed by atoms with Crippen molar-refractivity contribution in [2.45, 2.75) is 38.2 Å². The van der Waals surface area contributed by atoms with Crippen molar-refractivity contribution in [3.05, 3.63) is 0 Å². The van der Waals surface area contributed by atoms with Crippen LogP contribution in [0.5, 0.6) is 0 Å². The first kappa shape index (κ1) is 11.4. The zero-order valence-corrected chi connectivity index (χ0v) is 8.52. The first-order chi connectivity index (χ1) is 6.28. The molecule has 0 aromatic rings. The van der Waals surface area contributed by atoms with Crippen LogP contribution in [0.15, 0.2) is 0 Å². The number of carbonyl (C=O) groups excluding carboxylic acids is 1. The molecule has 5 heteroatoms. The van der Waals surface area contributed by atoms with Crippen molar-refractivity contribution in [1.82, 2.24) is 4.90 Å². The van der Waals surface area contributed by atoms with Gasteiger partial charge in [-0.3, -0.25) is 4.79 Å². The van der Waals surface area contributed by atoms with Crippen molar-refractivity contribution in [1.29, 1.82) is 0 Å². The fourth-order valence-corrected chi connectivity index (χ4v) is 1.42. The highest BCUT2D eigenvalue weighted by Gasteiger charge is 2.43. The number of nitrogens with zero attached hydrogens (tertiary/aromatic N) is 1. The van der Waals surface area contributed by atoms with Gasteiger partial charge >= 0.3 is 0 Å². The zero-order chi connectivity index (χ0) is 11.0. The molecular formula is C9H16F2N2O. The van der Waals surface area contributed by atoms with Crippen LogP contribution in [0.2, 0.25) is 0 Å². The van der Waals surface area contributed by atoms with E-state index >= 15 is 0 Å². The Bertz CT molecular complexity index is 241. The van der Waals surface area contributed by atoms with Gasteiger partial charge in [0, 0.05) is 13.0 Å². The summed E-state index contributed by atoms with van der Waals surface area (Å²) in [5.41, 5.74) is 4.68. The summed E-state index contributed by atoms with van der Waals surface area (Å²) in [6, 6.07) is 0. The highest BCUT2D eigenvalue weighted by Crippen LogP contribution is 2.28. The van der Waals surface area contributed by atoms with E-state index in [0.29, 0.717) is 6.42 Å². The van der Waals surface area contributed by atoms with Gasteiger partial charge in [-0.2, -0.15) is 0 Å². The second kappa shape index (κ2) is 3.46. The summed E-state index contributed by atoms with van der Waals surface area (Å²) in [5.74, 6) is -3.11. The van der Waals surface area contributed by atoms with Gasteiger partial charge in [-0.05, 0) is 13.3 Å². The highest BCUT2D eigenvalue weighted by molar-refractivity contribution is 5.85. The van der Waals surface area contributed by atoms with E-state index < -0.39 is 18.0 Å². The zero-order valence-electron chi connectivity index (χ0n) is 8.52. The second-order valence-electron chi connectivity index (χ2n) is 4.10. The van der Waals surface area contributed by atoms with E-state index in [1.807, 2.05) is 0 Å². The van der Waals surface area contributed by atoms with Crippen LogP contribution in [0.25, 0.3) is 0 Å². The van der Waals surface area contributed by atoms with E-state index in [1.165, 1.54) is 0 Å². The first-order valence-electron chi connectivity index (χ1n) is 4.74. The summed E-state index contributed by atoms with van der Waals surface area (Å²) >= 11 is 0. The second-order valence-corrected chi connectivity index (χ2v) is 4.10. The van der Waals surface area contributed by atoms with E-state index in [1.54, 1.807) is 13.8 Å². The first-order valence-corrected chi connectivity index (χ1v) is 4.74. The van der Waals surface area contributed by atoms with Crippen molar-refractivity contribution in [3.63, 3.8) is 0 Å². The summed E-state index contributed by atoms with van der Waals surface area (Å²) in [5, 5.41) is 0. The number of alkyl halides is 2. The Hall–Kier alpha value is -0.710. The molecule has 1 fully saturated rings. The summed E-state index contributed by atoms with van der Waals surface area (Å²) in [6.45, 7) is 2.97. The van der Waals surface area contributed by atoms with Crippen LogP contribution in [0.3, 0.4) is 0 Å². The molecule has 1 aliphatic rings. The Morgan fingerprint density at radius 1 is 1.64 bits per heavy atom. The van der Waals surface area contributed by atoms with E-state index in [9.17, 15) is 13.6 Å². The SMILES string of the molecule is CCC(C)(N)C(=O)N1CCC(F)(F)C1. The third kappa shape index (κ3) is 2.20. The molecule has 2 N–H and O–H groups in total. The van der Waals surface area contributed by atoms with Crippen molar-refractivity contribution in [3.8, 4) is 0 Å². The minimum Gasteiger partial charge on any atom is -0.335 e. The predicted molar refractivity (Wildman–Crippen MR) is 49.0 cm³/mol. The van der Waals surface area contributed by atoms with Crippen LogP contribution in [0.4, 0.5) is 8.78 Å². The average molecular weight is 206 g/mol. The number of hydrogen-bond acceptors (Lipinski definition) is 2. The Kier molecular flexibility index (Phi) is 2.81. The number of carbonyl (C=O) groups is 1. The molecule has 1 saturated heterocycles. The molecule has 0 radical (unpaired) electrons. The molecule has 1 aliphatic heterocycles. The van der Waals surface area contributed by atoms with Gasteiger partial charge in [0.05, 0.1) is 12.1 Å². The standard InChI is InChI=1S/C9H16F2N2O/c1-3-8(2,12)7(14)13-5-4-9(10,11)6-13/h3-6,12H2,1-2H3. The molecule has 0 bridgehead atoms. The quantitative estimate of drug-likeness (QED) is 0.732. The lowest BCUT2D eigenvalue weighted by Gasteiger charge is -2.27. The molecule has 0 aromatic carbocycles. The van der Waals surface area contributed by atoms with Crippen molar-refractivity contribution < 1.29 is 13.6 Å². The van der Waals surface area contributed by atoms with E-state index in [4.69, 9.17) is 5.73 Å². The third-order valence-corrected chi connectivity index (χ3v) is 2.68. The molecule has 3 nitrogen and oxygen atoms in total. The van der Waals surface area contributed by atoms with Gasteiger partial charge < -0.3 is 10.6 Å². The summed E-state index contributed by atoms with van der Waals surface area (Å²) < 4.78 is 25.6. The number of halogens is 2. The van der Waals surface area contributed by atoms with Gasteiger partial charge in [-0.15, -0.1) is 0 Å². The van der Waals surface area contributed by atoms with Crippen LogP contribution >= 0.6 is 0 Å². The highest BCUT2D eigenvalue weighted by atomic mass is 19.3. The molecule has 0 aromatic heterocycles. The number of hydrogen-bond donors (Lipinski definition) is 1. The minimum absolute atomic E-state index is 0.110. The molecule has 0 saturated carbocycles. The van der Waals surface area contributed by atoms with E-state index in [2.05, 4.69) is 0 Å². The number of nitrogens with two attached hydrogens (primary N) is 1. The molecule has 1 amide bonds. The largest absolute Gasteiger partial charge is 0.335 e. The van der Waals surface area contributed by atoms with E-state index in [-0.39, 0.29) is 18.9 Å². The monoisotopic (exact) mass is 206 g/mol. The van der Waals surface area contributed by atoms with Crippen LogP contribution in [0.1, 0.15) is 26.7 Å². The topological polar surface area (TPSA) is 46.3 Å². The Morgan fingerprint density at radius 2 is 2.21 bits per heavy atom.